The van der Waals surface area contributed by atoms with Gasteiger partial charge in [0, 0.05) is 0 Å². The molecule has 0 saturated carbocycles. The third-order valence-electron chi connectivity index (χ3n) is 1.72. The number of nitrogens with zero attached hydrogens (tertiary/aromatic N) is 1. The number of hydroxylamine groups is 3. The average molecular weight is 157 g/mol. The van der Waals surface area contributed by atoms with Crippen LogP contribution in [0.1, 0.15) is 26.7 Å². The topological polar surface area (TPSA) is 23.1 Å². The molecule has 0 aromatic heterocycles. The predicted octanol–water partition coefficient (Wildman–Crippen LogP) is 2.31. The molecule has 0 fully saturated rings. The minimum absolute atomic E-state index is 0.0868. The molecule has 11 heavy (non-hydrogen) atoms. The van der Waals surface area contributed by atoms with Gasteiger partial charge in [0.1, 0.15) is 0 Å². The van der Waals surface area contributed by atoms with E-state index in [1.54, 1.807) is 6.08 Å². The highest BCUT2D eigenvalue weighted by atomic mass is 16.5. The first-order valence-electron chi connectivity index (χ1n) is 4.36. The number of hydrogen-bond acceptors (Lipinski definition) is 1. The van der Waals surface area contributed by atoms with Crippen molar-refractivity contribution in [2.75, 3.05) is 19.6 Å². The number of rotatable bonds is 6. The van der Waals surface area contributed by atoms with Crippen LogP contribution in [0.2, 0.25) is 0 Å². The minimum Gasteiger partial charge on any atom is -0.633 e. The van der Waals surface area contributed by atoms with Crippen molar-refractivity contribution in [3.8, 4) is 0 Å². The van der Waals surface area contributed by atoms with E-state index in [4.69, 9.17) is 0 Å². The molecule has 2 heteroatoms. The second kappa shape index (κ2) is 5.33. The van der Waals surface area contributed by atoms with Crippen molar-refractivity contribution in [2.45, 2.75) is 26.7 Å². The lowest BCUT2D eigenvalue weighted by Crippen LogP contribution is -2.43. The van der Waals surface area contributed by atoms with Crippen LogP contribution >= 0.6 is 0 Å². The Labute approximate surface area is 69.7 Å². The Kier molecular flexibility index (Phi) is 5.16. The normalized spacial score (nSPS) is 11.5. The molecular weight excluding hydrogens is 138 g/mol. The lowest BCUT2D eigenvalue weighted by atomic mass is 10.3. The second-order valence-corrected chi connectivity index (χ2v) is 2.98. The van der Waals surface area contributed by atoms with E-state index >= 15 is 0 Å². The molecule has 0 heterocycles. The average Bonchev–Trinajstić information content (AvgIpc) is 1.88. The van der Waals surface area contributed by atoms with Crippen molar-refractivity contribution in [3.63, 3.8) is 0 Å². The van der Waals surface area contributed by atoms with Gasteiger partial charge in [0.25, 0.3) is 0 Å². The molecular formula is C9H19NO. The summed E-state index contributed by atoms with van der Waals surface area (Å²) in [4.78, 5) is 0. The third kappa shape index (κ3) is 4.17. The van der Waals surface area contributed by atoms with Crippen LogP contribution in [0.25, 0.3) is 0 Å². The lowest BCUT2D eigenvalue weighted by Gasteiger charge is -2.41. The van der Waals surface area contributed by atoms with Gasteiger partial charge < -0.3 is 9.85 Å². The van der Waals surface area contributed by atoms with Gasteiger partial charge in [-0.1, -0.05) is 20.4 Å². The largest absolute Gasteiger partial charge is 0.633 e. The molecule has 0 unspecified atom stereocenters. The van der Waals surface area contributed by atoms with Crippen molar-refractivity contribution in [2.24, 2.45) is 0 Å². The summed E-state index contributed by atoms with van der Waals surface area (Å²) >= 11 is 0. The van der Waals surface area contributed by atoms with Crippen molar-refractivity contribution in [1.29, 1.82) is 0 Å². The van der Waals surface area contributed by atoms with Crippen LogP contribution in [-0.4, -0.2) is 24.3 Å². The quantitative estimate of drug-likeness (QED) is 0.329. The summed E-state index contributed by atoms with van der Waals surface area (Å²) in [6, 6.07) is 0. The maximum atomic E-state index is 11.8. The highest BCUT2D eigenvalue weighted by Crippen LogP contribution is 2.06. The van der Waals surface area contributed by atoms with Gasteiger partial charge in [0.2, 0.25) is 0 Å². The smallest absolute Gasteiger partial charge is 0.0968 e. The molecule has 0 bridgehead atoms. The Hall–Kier alpha value is -0.340. The van der Waals surface area contributed by atoms with E-state index in [1.807, 2.05) is 13.8 Å². The van der Waals surface area contributed by atoms with Gasteiger partial charge in [-0.2, -0.15) is 0 Å². The van der Waals surface area contributed by atoms with E-state index in [9.17, 15) is 5.21 Å². The van der Waals surface area contributed by atoms with Crippen molar-refractivity contribution >= 4 is 0 Å². The molecule has 0 aromatic rings. The molecule has 0 saturated heterocycles. The fraction of sp³-hybridized carbons (Fsp3) is 0.778. The van der Waals surface area contributed by atoms with Crippen LogP contribution in [0.5, 0.6) is 0 Å². The highest BCUT2D eigenvalue weighted by Gasteiger charge is 2.10. The summed E-state index contributed by atoms with van der Waals surface area (Å²) in [5.74, 6) is 0. The maximum Gasteiger partial charge on any atom is 0.0968 e. The lowest BCUT2D eigenvalue weighted by molar-refractivity contribution is -0.874. The Morgan fingerprint density at radius 3 is 2.00 bits per heavy atom. The zero-order valence-electron chi connectivity index (χ0n) is 7.68. The number of quaternary nitrogens is 1. The van der Waals surface area contributed by atoms with Crippen molar-refractivity contribution < 1.29 is 4.65 Å². The summed E-state index contributed by atoms with van der Waals surface area (Å²) in [5, 5.41) is 11.8. The summed E-state index contributed by atoms with van der Waals surface area (Å²) < 4.78 is -0.0868. The van der Waals surface area contributed by atoms with Crippen LogP contribution in [0.15, 0.2) is 12.7 Å². The maximum absolute atomic E-state index is 11.8. The Balaban J connectivity index is 3.88. The predicted molar refractivity (Wildman–Crippen MR) is 49.0 cm³/mol. The Morgan fingerprint density at radius 2 is 1.73 bits per heavy atom. The van der Waals surface area contributed by atoms with E-state index < -0.39 is 0 Å². The van der Waals surface area contributed by atoms with E-state index in [2.05, 4.69) is 6.58 Å². The van der Waals surface area contributed by atoms with Crippen molar-refractivity contribution in [1.82, 2.24) is 0 Å². The molecule has 0 aliphatic heterocycles. The standard InChI is InChI=1S/C9H19NO/c1-4-7-10(11,8-5-2)9-6-3/h4H,1,5-9H2,2-3H3. The van der Waals surface area contributed by atoms with Gasteiger partial charge in [0.15, 0.2) is 0 Å². The highest BCUT2D eigenvalue weighted by molar-refractivity contribution is 4.66. The van der Waals surface area contributed by atoms with Gasteiger partial charge in [-0.05, 0) is 18.9 Å². The monoisotopic (exact) mass is 157 g/mol. The molecule has 2 nitrogen and oxygen atoms in total. The van der Waals surface area contributed by atoms with E-state index in [0.717, 1.165) is 25.9 Å². The minimum atomic E-state index is -0.0868. The molecule has 0 aliphatic carbocycles. The van der Waals surface area contributed by atoms with Crippen LogP contribution in [0.3, 0.4) is 0 Å². The van der Waals surface area contributed by atoms with E-state index in [0.29, 0.717) is 6.54 Å². The molecule has 0 aliphatic rings. The van der Waals surface area contributed by atoms with E-state index in [-0.39, 0.29) is 4.65 Å². The molecule has 0 aromatic carbocycles. The Bertz CT molecular complexity index is 106. The molecule has 0 radical (unpaired) electrons. The summed E-state index contributed by atoms with van der Waals surface area (Å²) in [6.07, 6.45) is 3.63. The molecule has 0 atom stereocenters. The van der Waals surface area contributed by atoms with Crippen LogP contribution in [0, 0.1) is 5.21 Å². The van der Waals surface area contributed by atoms with Gasteiger partial charge in [-0.3, -0.25) is 0 Å². The van der Waals surface area contributed by atoms with Gasteiger partial charge in [-0.25, -0.2) is 0 Å². The molecule has 0 spiro atoms. The zero-order chi connectivity index (χ0) is 8.74. The SMILES string of the molecule is C=CC[N+]([O-])(CCC)CCC. The van der Waals surface area contributed by atoms with Crippen LogP contribution in [0.4, 0.5) is 0 Å². The van der Waals surface area contributed by atoms with Crippen LogP contribution in [-0.2, 0) is 0 Å². The van der Waals surface area contributed by atoms with E-state index in [1.165, 1.54) is 0 Å². The first kappa shape index (κ1) is 10.7. The summed E-state index contributed by atoms with van der Waals surface area (Å²) in [6.45, 7) is 9.69. The van der Waals surface area contributed by atoms with Crippen LogP contribution < -0.4 is 0 Å². The fourth-order valence-corrected chi connectivity index (χ4v) is 1.34. The third-order valence-corrected chi connectivity index (χ3v) is 1.72. The summed E-state index contributed by atoms with van der Waals surface area (Å²) in [7, 11) is 0. The summed E-state index contributed by atoms with van der Waals surface area (Å²) in [5.41, 5.74) is 0. The first-order valence-corrected chi connectivity index (χ1v) is 4.36. The van der Waals surface area contributed by atoms with Gasteiger partial charge in [-0.15, -0.1) is 0 Å². The molecule has 66 valence electrons. The molecule has 0 N–H and O–H groups in total. The zero-order valence-corrected chi connectivity index (χ0v) is 7.68. The molecule has 0 amide bonds. The second-order valence-electron chi connectivity index (χ2n) is 2.98. The van der Waals surface area contributed by atoms with Crippen molar-refractivity contribution in [3.05, 3.63) is 17.9 Å². The van der Waals surface area contributed by atoms with Gasteiger partial charge >= 0.3 is 0 Å². The first-order chi connectivity index (χ1) is 5.18. The Morgan fingerprint density at radius 1 is 1.27 bits per heavy atom. The van der Waals surface area contributed by atoms with Gasteiger partial charge in [0.05, 0.1) is 19.6 Å². The number of hydrogen-bond donors (Lipinski definition) is 0. The fourth-order valence-electron chi connectivity index (χ4n) is 1.34. The molecule has 0 rings (SSSR count).